The molecule has 0 unspecified atom stereocenters. The average molecular weight is 713 g/mol. The number of carbonyl (C=O) groups is 1. The zero-order valence-corrected chi connectivity index (χ0v) is 32.7. The van der Waals surface area contributed by atoms with Crippen LogP contribution in [0.5, 0.6) is 0 Å². The first kappa shape index (κ1) is 35.3. The van der Waals surface area contributed by atoms with Crippen molar-refractivity contribution >= 4 is 43.6 Å². The van der Waals surface area contributed by atoms with Gasteiger partial charge in [0.15, 0.2) is 0 Å². The molecule has 2 nitrogen and oxygen atoms in total. The summed E-state index contributed by atoms with van der Waals surface area (Å²) in [5, 5.41) is 3.70. The largest absolute Gasteiger partial charge is 0.346 e. The topological polar surface area (TPSA) is 29.1 Å². The lowest BCUT2D eigenvalue weighted by atomic mass is 9.98. The third kappa shape index (κ3) is 5.64. The quantitative estimate of drug-likeness (QED) is 0.197. The van der Waals surface area contributed by atoms with Crippen LogP contribution in [0.4, 0.5) is 0 Å². The maximum atomic E-state index is 16.2. The molecule has 1 N–H and O–H groups in total. The summed E-state index contributed by atoms with van der Waals surface area (Å²) in [6.07, 6.45) is 41.4. The fourth-order valence-electron chi connectivity index (χ4n) is 14.2. The van der Waals surface area contributed by atoms with Gasteiger partial charge in [-0.2, -0.15) is 0 Å². The molecular weight excluding hydrogens is 643 g/mol. The van der Waals surface area contributed by atoms with Crippen LogP contribution in [0.2, 0.25) is 0 Å². The first-order valence-corrected chi connectivity index (χ1v) is 25.7. The van der Waals surface area contributed by atoms with Crippen molar-refractivity contribution in [2.75, 3.05) is 6.54 Å². The van der Waals surface area contributed by atoms with E-state index in [9.17, 15) is 0 Å². The van der Waals surface area contributed by atoms with Gasteiger partial charge in [-0.15, -0.1) is 0 Å². The lowest BCUT2D eigenvalue weighted by Crippen LogP contribution is -2.64. The highest BCUT2D eigenvalue weighted by Gasteiger charge is 2.93. The lowest BCUT2D eigenvalue weighted by Gasteiger charge is -2.64. The maximum Gasteiger partial charge on any atom is 0.305 e. The van der Waals surface area contributed by atoms with Gasteiger partial charge in [0.25, 0.3) is 4.90 Å². The van der Waals surface area contributed by atoms with Gasteiger partial charge in [0.2, 0.25) is 4.33 Å². The molecule has 1 amide bonds. The molecule has 1 saturated heterocycles. The Morgan fingerprint density at radius 1 is 0.413 bits per heavy atom. The summed E-state index contributed by atoms with van der Waals surface area (Å²) in [5.74, 6) is 0.461. The fraction of sp³-hybridized carbons (Fsp3) is 0.975. The Hall–Kier alpha value is 0.910. The maximum absolute atomic E-state index is 16.2. The molecule has 0 bridgehead atoms. The zero-order valence-electron chi connectivity index (χ0n) is 29.4. The van der Waals surface area contributed by atoms with Crippen LogP contribution >= 0.6 is 37.7 Å². The second-order valence-electron chi connectivity index (χ2n) is 17.5. The number of carbonyl (C=O) groups excluding carboxylic acids is 1. The van der Waals surface area contributed by atoms with E-state index in [1.165, 1.54) is 193 Å². The van der Waals surface area contributed by atoms with Crippen molar-refractivity contribution in [3.05, 3.63) is 0 Å². The molecule has 46 heavy (non-hydrogen) atoms. The standard InChI is InChI=1S/C40H68Cl2NOP2/c41-39(42)31-43-38(44)40(39,45(32-19-7-1-8-20-32,33-21-9-2-10-22-33)34-23-11-3-12-24-34)46(35-25-13-4-14-26-35,36-27-15-5-16-28-36)37-29-17-6-18-30-37/h32-37H,1-31H2/q+1/p+1. The van der Waals surface area contributed by atoms with Gasteiger partial charge in [0, 0.05) is 0 Å². The number of nitrogens with one attached hydrogen (secondary N) is 1. The monoisotopic (exact) mass is 711 g/mol. The van der Waals surface area contributed by atoms with Crippen molar-refractivity contribution < 1.29 is 4.79 Å². The van der Waals surface area contributed by atoms with Crippen molar-refractivity contribution in [2.45, 2.75) is 236 Å². The van der Waals surface area contributed by atoms with E-state index in [-0.39, 0.29) is 0 Å². The Labute approximate surface area is 294 Å². The predicted molar refractivity (Wildman–Crippen MR) is 205 cm³/mol. The van der Waals surface area contributed by atoms with Gasteiger partial charge >= 0.3 is 5.91 Å². The van der Waals surface area contributed by atoms with E-state index < -0.39 is 23.8 Å². The molecule has 1 aliphatic heterocycles. The van der Waals surface area contributed by atoms with Crippen LogP contribution in [-0.4, -0.2) is 55.6 Å². The number of rotatable bonds is 8. The summed E-state index contributed by atoms with van der Waals surface area (Å²) in [6, 6.07) is 0. The van der Waals surface area contributed by atoms with Crippen LogP contribution < -0.4 is 5.32 Å². The highest BCUT2D eigenvalue weighted by molar-refractivity contribution is 7.98. The molecular formula is C40H69Cl2NOP2+2. The molecule has 0 aromatic carbocycles. The molecule has 7 aliphatic rings. The van der Waals surface area contributed by atoms with E-state index in [1.54, 1.807) is 0 Å². The van der Waals surface area contributed by atoms with Crippen LogP contribution in [0, 0.1) is 0 Å². The second kappa shape index (κ2) is 15.3. The summed E-state index contributed by atoms with van der Waals surface area (Å²) < 4.78 is -0.954. The van der Waals surface area contributed by atoms with E-state index >= 15 is 4.79 Å². The smallest absolute Gasteiger partial charge is 0.305 e. The SMILES string of the molecule is O=C1NCC(Cl)(Cl)C1([P+](C1CCCCC1)(C1CCCCC1)C1CCCCC1)[P+](C1CCCCC1)(C1CCCCC1)C1CCCCC1. The molecule has 0 aromatic heterocycles. The number of alkyl halides is 2. The zero-order chi connectivity index (χ0) is 31.7. The summed E-state index contributed by atoms with van der Waals surface area (Å²) in [5.41, 5.74) is 4.35. The van der Waals surface area contributed by atoms with E-state index in [1.807, 2.05) is 0 Å². The molecule has 1 heterocycles. The molecule has 262 valence electrons. The number of halogens is 2. The second-order valence-corrected chi connectivity index (χ2v) is 28.4. The van der Waals surface area contributed by atoms with Crippen LogP contribution in [0.15, 0.2) is 0 Å². The van der Waals surface area contributed by atoms with Crippen molar-refractivity contribution in [3.63, 3.8) is 0 Å². The summed E-state index contributed by atoms with van der Waals surface area (Å²) in [4.78, 5) is 15.8. The Balaban J connectivity index is 1.60. The minimum absolute atomic E-state index is 0.461. The summed E-state index contributed by atoms with van der Waals surface area (Å²) in [7, 11) is -4.05. The van der Waals surface area contributed by atoms with Crippen LogP contribution in [0.1, 0.15) is 193 Å². The molecule has 6 aliphatic carbocycles. The molecule has 7 fully saturated rings. The first-order chi connectivity index (χ1) is 22.5. The fourth-order valence-corrected chi connectivity index (χ4v) is 37.9. The van der Waals surface area contributed by atoms with Gasteiger partial charge in [-0.3, -0.25) is 4.79 Å². The van der Waals surface area contributed by atoms with E-state index in [2.05, 4.69) is 5.32 Å². The van der Waals surface area contributed by atoms with Gasteiger partial charge in [-0.1, -0.05) is 61.7 Å². The lowest BCUT2D eigenvalue weighted by molar-refractivity contribution is -0.119. The normalized spacial score (nSPS) is 30.8. The third-order valence-electron chi connectivity index (χ3n) is 15.5. The summed E-state index contributed by atoms with van der Waals surface area (Å²) >= 11 is 16.8. The van der Waals surface area contributed by atoms with Gasteiger partial charge in [-0.05, 0) is 154 Å². The summed E-state index contributed by atoms with van der Waals surface area (Å²) in [6.45, 7) is 0.525. The van der Waals surface area contributed by atoms with Crippen molar-refractivity contribution in [3.8, 4) is 0 Å². The van der Waals surface area contributed by atoms with Crippen molar-refractivity contribution in [1.29, 1.82) is 0 Å². The Morgan fingerprint density at radius 3 is 0.804 bits per heavy atom. The Bertz CT molecular complexity index is 846. The van der Waals surface area contributed by atoms with Crippen LogP contribution in [0.3, 0.4) is 0 Å². The van der Waals surface area contributed by atoms with E-state index in [4.69, 9.17) is 23.2 Å². The highest BCUT2D eigenvalue weighted by atomic mass is 35.5. The molecule has 0 atom stereocenters. The minimum Gasteiger partial charge on any atom is -0.346 e. The highest BCUT2D eigenvalue weighted by Crippen LogP contribution is 3.02. The molecule has 0 aromatic rings. The minimum atomic E-state index is -2.03. The number of hydrogen-bond donors (Lipinski definition) is 1. The molecule has 0 spiro atoms. The first-order valence-electron chi connectivity index (χ1n) is 20.9. The van der Waals surface area contributed by atoms with Gasteiger partial charge in [0.05, 0.1) is 55.0 Å². The van der Waals surface area contributed by atoms with Gasteiger partial charge < -0.3 is 5.32 Å². The Kier molecular flexibility index (Phi) is 11.7. The van der Waals surface area contributed by atoms with Crippen molar-refractivity contribution in [2.24, 2.45) is 0 Å². The average Bonchev–Trinajstić information content (AvgIpc) is 3.37. The van der Waals surface area contributed by atoms with E-state index in [0.29, 0.717) is 12.5 Å². The number of amides is 1. The predicted octanol–water partition coefficient (Wildman–Crippen LogP) is 13.0. The number of hydrogen-bond acceptors (Lipinski definition) is 1. The third-order valence-corrected chi connectivity index (χ3v) is 32.7. The molecule has 6 heteroatoms. The molecule has 7 rings (SSSR count). The Morgan fingerprint density at radius 2 is 0.630 bits per heavy atom. The van der Waals surface area contributed by atoms with Crippen LogP contribution in [-0.2, 0) is 4.79 Å². The molecule has 6 saturated carbocycles. The van der Waals surface area contributed by atoms with Gasteiger partial charge in [-0.25, -0.2) is 0 Å². The van der Waals surface area contributed by atoms with Crippen molar-refractivity contribution in [1.82, 2.24) is 5.32 Å². The van der Waals surface area contributed by atoms with Gasteiger partial charge in [0.1, 0.15) is 0 Å². The van der Waals surface area contributed by atoms with Crippen LogP contribution in [0.25, 0.3) is 0 Å². The molecule has 0 radical (unpaired) electrons. The van der Waals surface area contributed by atoms with E-state index in [0.717, 1.165) is 34.0 Å².